The van der Waals surface area contributed by atoms with Crippen LogP contribution in [0.15, 0.2) is 0 Å². The predicted molar refractivity (Wildman–Crippen MR) is 75.7 cm³/mol. The topological polar surface area (TPSA) is 20.3 Å². The van der Waals surface area contributed by atoms with E-state index in [2.05, 4.69) is 11.8 Å². The molecule has 1 aliphatic heterocycles. The largest absolute Gasteiger partial charge is 0.303 e. The molecule has 0 N–H and O–H groups in total. The van der Waals surface area contributed by atoms with Crippen LogP contribution in [-0.2, 0) is 4.79 Å². The Morgan fingerprint density at radius 2 is 1.83 bits per heavy atom. The Morgan fingerprint density at radius 1 is 1.11 bits per heavy atom. The molecule has 0 radical (unpaired) electrons. The first kappa shape index (κ1) is 14.0. The number of likely N-dealkylation sites (tertiary alicyclic amines) is 1. The van der Waals surface area contributed by atoms with Gasteiger partial charge in [0.05, 0.1) is 0 Å². The van der Waals surface area contributed by atoms with E-state index in [0.29, 0.717) is 0 Å². The van der Waals surface area contributed by atoms with E-state index < -0.39 is 0 Å². The van der Waals surface area contributed by atoms with Crippen LogP contribution in [0.2, 0.25) is 0 Å². The molecule has 2 fully saturated rings. The van der Waals surface area contributed by atoms with E-state index in [9.17, 15) is 4.79 Å². The predicted octanol–water partition coefficient (Wildman–Crippen LogP) is 3.79. The third-order valence-corrected chi connectivity index (χ3v) is 5.09. The second-order valence-electron chi connectivity index (χ2n) is 6.42. The molecule has 0 aromatic rings. The second-order valence-corrected chi connectivity index (χ2v) is 6.42. The van der Waals surface area contributed by atoms with Gasteiger partial charge < -0.3 is 4.79 Å². The molecule has 1 saturated carbocycles. The van der Waals surface area contributed by atoms with Gasteiger partial charge in [-0.05, 0) is 38.6 Å². The van der Waals surface area contributed by atoms with Crippen LogP contribution in [-0.4, -0.2) is 30.3 Å². The number of hydrogen-bond donors (Lipinski definition) is 0. The molecule has 2 rings (SSSR count). The third kappa shape index (κ3) is 3.34. The van der Waals surface area contributed by atoms with Crippen molar-refractivity contribution in [2.24, 2.45) is 5.41 Å². The van der Waals surface area contributed by atoms with E-state index in [0.717, 1.165) is 25.4 Å². The number of carbonyl (C=O) groups is 1. The van der Waals surface area contributed by atoms with Crippen molar-refractivity contribution in [3.63, 3.8) is 0 Å². The molecule has 1 atom stereocenters. The molecule has 0 bridgehead atoms. The van der Waals surface area contributed by atoms with Crippen LogP contribution >= 0.6 is 0 Å². The monoisotopic (exact) mass is 251 g/mol. The zero-order valence-electron chi connectivity index (χ0n) is 12.0. The van der Waals surface area contributed by atoms with Gasteiger partial charge in [0.1, 0.15) is 6.29 Å². The summed E-state index contributed by atoms with van der Waals surface area (Å²) in [7, 11) is 0. The van der Waals surface area contributed by atoms with E-state index in [-0.39, 0.29) is 5.41 Å². The van der Waals surface area contributed by atoms with Gasteiger partial charge in [-0.1, -0.05) is 39.0 Å². The van der Waals surface area contributed by atoms with Gasteiger partial charge in [0.2, 0.25) is 0 Å². The van der Waals surface area contributed by atoms with E-state index in [4.69, 9.17) is 0 Å². The van der Waals surface area contributed by atoms with Crippen molar-refractivity contribution in [2.75, 3.05) is 13.1 Å². The minimum Gasteiger partial charge on any atom is -0.303 e. The lowest BCUT2D eigenvalue weighted by Gasteiger charge is -2.39. The van der Waals surface area contributed by atoms with Crippen molar-refractivity contribution in [3.8, 4) is 0 Å². The molecule has 104 valence electrons. The van der Waals surface area contributed by atoms with Crippen LogP contribution in [0.4, 0.5) is 0 Å². The highest BCUT2D eigenvalue weighted by Crippen LogP contribution is 2.36. The summed E-state index contributed by atoms with van der Waals surface area (Å²) in [5.74, 6) is 0. The lowest BCUT2D eigenvalue weighted by atomic mass is 9.74. The van der Waals surface area contributed by atoms with Gasteiger partial charge in [-0.2, -0.15) is 0 Å². The quantitative estimate of drug-likeness (QED) is 0.709. The molecule has 1 saturated heterocycles. The molecular weight excluding hydrogens is 222 g/mol. The summed E-state index contributed by atoms with van der Waals surface area (Å²) in [5, 5.41) is 0. The minimum atomic E-state index is -0.00396. The first-order valence-corrected chi connectivity index (χ1v) is 8.00. The number of rotatable bonds is 4. The summed E-state index contributed by atoms with van der Waals surface area (Å²) >= 11 is 0. The lowest BCUT2D eigenvalue weighted by Crippen LogP contribution is -2.45. The van der Waals surface area contributed by atoms with Gasteiger partial charge >= 0.3 is 0 Å². The van der Waals surface area contributed by atoms with Crippen molar-refractivity contribution in [1.29, 1.82) is 0 Å². The molecule has 2 aliphatic rings. The average Bonchev–Trinajstić information content (AvgIpc) is 2.65. The minimum absolute atomic E-state index is 0.00396. The number of aldehydes is 1. The van der Waals surface area contributed by atoms with E-state index >= 15 is 0 Å². The Kier molecular flexibility index (Phi) is 5.23. The molecule has 2 heteroatoms. The maximum Gasteiger partial charge on any atom is 0.127 e. The fourth-order valence-electron chi connectivity index (χ4n) is 3.88. The van der Waals surface area contributed by atoms with Crippen LogP contribution < -0.4 is 0 Å². The summed E-state index contributed by atoms with van der Waals surface area (Å²) in [5.41, 5.74) is -0.00396. The number of carbonyl (C=O) groups excluding carboxylic acids is 1. The Hall–Kier alpha value is -0.370. The first-order valence-electron chi connectivity index (χ1n) is 8.00. The average molecular weight is 251 g/mol. The molecular formula is C16H29NO. The van der Waals surface area contributed by atoms with Crippen molar-refractivity contribution < 1.29 is 4.79 Å². The molecule has 2 nitrogen and oxygen atoms in total. The molecule has 1 heterocycles. The summed E-state index contributed by atoms with van der Waals surface area (Å²) in [6.45, 7) is 4.56. The highest BCUT2D eigenvalue weighted by molar-refractivity contribution is 5.60. The Balaban J connectivity index is 2.01. The smallest absolute Gasteiger partial charge is 0.127 e. The maximum absolute atomic E-state index is 11.6. The van der Waals surface area contributed by atoms with Gasteiger partial charge in [-0.15, -0.1) is 0 Å². The van der Waals surface area contributed by atoms with Crippen LogP contribution in [0.1, 0.15) is 71.1 Å². The highest BCUT2D eigenvalue weighted by atomic mass is 16.1. The van der Waals surface area contributed by atoms with Crippen LogP contribution in [0.3, 0.4) is 0 Å². The number of nitrogens with zero attached hydrogens (tertiary/aromatic N) is 1. The second kappa shape index (κ2) is 6.70. The Bertz CT molecular complexity index is 258. The van der Waals surface area contributed by atoms with Crippen LogP contribution in [0.5, 0.6) is 0 Å². The van der Waals surface area contributed by atoms with Crippen molar-refractivity contribution in [3.05, 3.63) is 0 Å². The van der Waals surface area contributed by atoms with Crippen LogP contribution in [0, 0.1) is 5.41 Å². The molecule has 18 heavy (non-hydrogen) atoms. The summed E-state index contributed by atoms with van der Waals surface area (Å²) in [6.07, 6.45) is 14.0. The molecule has 1 aliphatic carbocycles. The van der Waals surface area contributed by atoms with Gasteiger partial charge in [0.15, 0.2) is 0 Å². The Labute approximate surface area is 112 Å². The molecule has 0 spiro atoms. The lowest BCUT2D eigenvalue weighted by molar-refractivity contribution is -0.119. The summed E-state index contributed by atoms with van der Waals surface area (Å²) in [4.78, 5) is 14.3. The summed E-state index contributed by atoms with van der Waals surface area (Å²) < 4.78 is 0. The molecule has 0 aromatic carbocycles. The molecule has 0 aromatic heterocycles. The van der Waals surface area contributed by atoms with Gasteiger partial charge in [0, 0.05) is 18.0 Å². The molecule has 1 unspecified atom stereocenters. The van der Waals surface area contributed by atoms with Crippen molar-refractivity contribution >= 4 is 6.29 Å². The SMILES string of the molecule is CCC1CCCCCN1CC1(C=O)CCCCC1. The van der Waals surface area contributed by atoms with Gasteiger partial charge in [0.25, 0.3) is 0 Å². The Morgan fingerprint density at radius 3 is 2.50 bits per heavy atom. The van der Waals surface area contributed by atoms with E-state index in [1.54, 1.807) is 0 Å². The zero-order valence-corrected chi connectivity index (χ0v) is 12.0. The standard InChI is InChI=1S/C16H29NO/c1-2-15-9-5-3-8-12-17(15)13-16(14-18)10-6-4-7-11-16/h14-15H,2-13H2,1H3. The normalized spacial score (nSPS) is 29.7. The first-order chi connectivity index (χ1) is 8.79. The van der Waals surface area contributed by atoms with E-state index in [1.807, 2.05) is 0 Å². The third-order valence-electron chi connectivity index (χ3n) is 5.09. The number of hydrogen-bond acceptors (Lipinski definition) is 2. The van der Waals surface area contributed by atoms with Gasteiger partial charge in [-0.25, -0.2) is 0 Å². The zero-order chi connectivity index (χ0) is 12.8. The van der Waals surface area contributed by atoms with Gasteiger partial charge in [-0.3, -0.25) is 4.90 Å². The maximum atomic E-state index is 11.6. The van der Waals surface area contributed by atoms with Crippen molar-refractivity contribution in [1.82, 2.24) is 4.90 Å². The fourth-order valence-corrected chi connectivity index (χ4v) is 3.88. The highest BCUT2D eigenvalue weighted by Gasteiger charge is 2.35. The van der Waals surface area contributed by atoms with Crippen molar-refractivity contribution in [2.45, 2.75) is 77.2 Å². The fraction of sp³-hybridized carbons (Fsp3) is 0.938. The van der Waals surface area contributed by atoms with E-state index in [1.165, 1.54) is 64.2 Å². The molecule has 0 amide bonds. The summed E-state index contributed by atoms with van der Waals surface area (Å²) in [6, 6.07) is 0.728. The van der Waals surface area contributed by atoms with Crippen LogP contribution in [0.25, 0.3) is 0 Å².